The number of hydrogen-bond acceptors (Lipinski definition) is 4. The summed E-state index contributed by atoms with van der Waals surface area (Å²) in [6, 6.07) is 9.05. The fraction of sp³-hybridized carbons (Fsp3) is 0.278. The molecule has 1 unspecified atom stereocenters. The molecule has 1 heterocycles. The van der Waals surface area contributed by atoms with Gasteiger partial charge in [0, 0.05) is 35.7 Å². The quantitative estimate of drug-likeness (QED) is 0.761. The SMILES string of the molecule is CCC1(CC)N=C(c2ccc(F)cc2)c2c(Cl)cc(NS(=O)[O-])cc2O1. The molecular formula is C18H17ClFN2O3S-. The molecule has 0 spiro atoms. The van der Waals surface area contributed by atoms with Gasteiger partial charge in [0.2, 0.25) is 0 Å². The summed E-state index contributed by atoms with van der Waals surface area (Å²) in [6.45, 7) is 3.91. The van der Waals surface area contributed by atoms with E-state index in [1.807, 2.05) is 13.8 Å². The molecule has 1 atom stereocenters. The summed E-state index contributed by atoms with van der Waals surface area (Å²) in [4.78, 5) is 4.79. The molecule has 0 bridgehead atoms. The normalized spacial score (nSPS) is 16.3. The van der Waals surface area contributed by atoms with E-state index >= 15 is 0 Å². The molecule has 2 aromatic carbocycles. The Morgan fingerprint density at radius 3 is 2.50 bits per heavy atom. The lowest BCUT2D eigenvalue weighted by molar-refractivity contribution is 0.0660. The number of fused-ring (bicyclic) bond motifs is 1. The molecule has 1 aliphatic rings. The molecule has 0 amide bonds. The largest absolute Gasteiger partial charge is 0.755 e. The lowest BCUT2D eigenvalue weighted by Crippen LogP contribution is -2.37. The summed E-state index contributed by atoms with van der Waals surface area (Å²) in [5.74, 6) is 0.0888. The number of benzene rings is 2. The van der Waals surface area contributed by atoms with Crippen molar-refractivity contribution in [1.29, 1.82) is 0 Å². The second-order valence-corrected chi connectivity index (χ2v) is 6.97. The van der Waals surface area contributed by atoms with Gasteiger partial charge in [0.1, 0.15) is 11.6 Å². The third kappa shape index (κ3) is 3.60. The highest BCUT2D eigenvalue weighted by Gasteiger charge is 2.35. The maximum Gasteiger partial charge on any atom is 0.200 e. The Bertz CT molecular complexity index is 883. The van der Waals surface area contributed by atoms with Crippen LogP contribution >= 0.6 is 11.6 Å². The predicted molar refractivity (Wildman–Crippen MR) is 100.0 cm³/mol. The van der Waals surface area contributed by atoms with Crippen LogP contribution in [0.1, 0.15) is 37.8 Å². The predicted octanol–water partition coefficient (Wildman–Crippen LogP) is 4.43. The monoisotopic (exact) mass is 395 g/mol. The third-order valence-electron chi connectivity index (χ3n) is 4.33. The molecule has 1 N–H and O–H groups in total. The van der Waals surface area contributed by atoms with Gasteiger partial charge in [-0.15, -0.1) is 0 Å². The van der Waals surface area contributed by atoms with Gasteiger partial charge in [-0.05, 0) is 30.3 Å². The van der Waals surface area contributed by atoms with Crippen LogP contribution in [-0.2, 0) is 11.3 Å². The highest BCUT2D eigenvalue weighted by atomic mass is 35.5. The van der Waals surface area contributed by atoms with Crippen LogP contribution in [0.3, 0.4) is 0 Å². The Balaban J connectivity index is 2.20. The Kier molecular flexibility index (Phi) is 5.32. The molecule has 2 aromatic rings. The molecule has 138 valence electrons. The van der Waals surface area contributed by atoms with Gasteiger partial charge in [-0.3, -0.25) is 4.21 Å². The molecule has 0 radical (unpaired) electrons. The zero-order valence-corrected chi connectivity index (χ0v) is 15.8. The number of halogens is 2. The zero-order chi connectivity index (χ0) is 18.9. The maximum absolute atomic E-state index is 13.3. The van der Waals surface area contributed by atoms with Gasteiger partial charge in [0.05, 0.1) is 22.0 Å². The van der Waals surface area contributed by atoms with E-state index in [1.165, 1.54) is 18.2 Å². The van der Waals surface area contributed by atoms with Crippen molar-refractivity contribution < 1.29 is 17.9 Å². The standard InChI is InChI=1S/C18H18ClFN2O3S/c1-3-18(4-2)21-17(11-5-7-12(20)8-6-11)16-14(19)9-13(22-26(23)24)10-15(16)25-18/h5-10,22H,3-4H2,1-2H3,(H,23,24)/p-1. The Labute approximate surface area is 158 Å². The average Bonchev–Trinajstić information content (AvgIpc) is 2.60. The minimum absolute atomic E-state index is 0.291. The summed E-state index contributed by atoms with van der Waals surface area (Å²) in [6.07, 6.45) is 1.22. The van der Waals surface area contributed by atoms with Gasteiger partial charge in [-0.1, -0.05) is 25.4 Å². The minimum Gasteiger partial charge on any atom is -0.755 e. The van der Waals surface area contributed by atoms with Crippen molar-refractivity contribution in [2.24, 2.45) is 4.99 Å². The molecule has 0 aliphatic carbocycles. The van der Waals surface area contributed by atoms with Crippen molar-refractivity contribution in [2.45, 2.75) is 32.4 Å². The fourth-order valence-corrected chi connectivity index (χ4v) is 3.51. The van der Waals surface area contributed by atoms with Crippen molar-refractivity contribution in [1.82, 2.24) is 0 Å². The first-order valence-electron chi connectivity index (χ1n) is 8.12. The third-order valence-corrected chi connectivity index (χ3v) is 5.03. The van der Waals surface area contributed by atoms with Gasteiger partial charge in [0.25, 0.3) is 0 Å². The molecule has 26 heavy (non-hydrogen) atoms. The molecule has 0 aromatic heterocycles. The van der Waals surface area contributed by atoms with Crippen LogP contribution in [0.2, 0.25) is 5.02 Å². The van der Waals surface area contributed by atoms with E-state index in [4.69, 9.17) is 21.3 Å². The lowest BCUT2D eigenvalue weighted by atomic mass is 9.96. The Hall–Kier alpha value is -1.96. The van der Waals surface area contributed by atoms with Crippen molar-refractivity contribution in [3.8, 4) is 5.75 Å². The molecule has 0 saturated carbocycles. The summed E-state index contributed by atoms with van der Waals surface area (Å²) < 4.78 is 43.6. The van der Waals surface area contributed by atoms with Crippen LogP contribution in [-0.4, -0.2) is 20.2 Å². The summed E-state index contributed by atoms with van der Waals surface area (Å²) in [5, 5.41) is 0.291. The lowest BCUT2D eigenvalue weighted by Gasteiger charge is -2.35. The number of nitrogens with zero attached hydrogens (tertiary/aromatic N) is 1. The first-order chi connectivity index (χ1) is 12.4. The molecule has 3 rings (SSSR count). The Morgan fingerprint density at radius 2 is 1.92 bits per heavy atom. The first kappa shape index (κ1) is 18.8. The number of nitrogens with one attached hydrogen (secondary N) is 1. The van der Waals surface area contributed by atoms with Crippen LogP contribution in [0.15, 0.2) is 41.4 Å². The molecule has 5 nitrogen and oxygen atoms in total. The number of hydrogen-bond donors (Lipinski definition) is 1. The number of aliphatic imine (C=N–C) groups is 1. The van der Waals surface area contributed by atoms with E-state index in [0.717, 1.165) is 0 Å². The van der Waals surface area contributed by atoms with Crippen LogP contribution in [0.5, 0.6) is 5.75 Å². The summed E-state index contributed by atoms with van der Waals surface area (Å²) in [7, 11) is 0. The van der Waals surface area contributed by atoms with Gasteiger partial charge < -0.3 is 14.0 Å². The summed E-state index contributed by atoms with van der Waals surface area (Å²) >= 11 is 3.93. The van der Waals surface area contributed by atoms with Crippen molar-refractivity contribution in [2.75, 3.05) is 4.72 Å². The average molecular weight is 396 g/mol. The van der Waals surface area contributed by atoms with Crippen LogP contribution in [0.25, 0.3) is 0 Å². The van der Waals surface area contributed by atoms with E-state index in [-0.39, 0.29) is 5.82 Å². The summed E-state index contributed by atoms with van der Waals surface area (Å²) in [5.41, 5.74) is 1.35. The molecule has 0 fully saturated rings. The molecule has 1 aliphatic heterocycles. The van der Waals surface area contributed by atoms with E-state index in [9.17, 15) is 13.2 Å². The highest BCUT2D eigenvalue weighted by molar-refractivity contribution is 7.80. The van der Waals surface area contributed by atoms with E-state index < -0.39 is 17.0 Å². The highest BCUT2D eigenvalue weighted by Crippen LogP contribution is 2.41. The molecular weight excluding hydrogens is 379 g/mol. The van der Waals surface area contributed by atoms with Crippen LogP contribution < -0.4 is 9.46 Å². The zero-order valence-electron chi connectivity index (χ0n) is 14.2. The number of anilines is 1. The van der Waals surface area contributed by atoms with Crippen LogP contribution in [0, 0.1) is 5.82 Å². The Morgan fingerprint density at radius 1 is 1.27 bits per heavy atom. The van der Waals surface area contributed by atoms with Crippen LogP contribution in [0.4, 0.5) is 10.1 Å². The second-order valence-electron chi connectivity index (χ2n) is 5.89. The number of rotatable bonds is 5. The fourth-order valence-electron chi connectivity index (χ4n) is 2.90. The number of ether oxygens (including phenoxy) is 1. The van der Waals surface area contributed by atoms with Gasteiger partial charge in [0.15, 0.2) is 5.72 Å². The molecule has 0 saturated heterocycles. The van der Waals surface area contributed by atoms with E-state index in [0.29, 0.717) is 46.1 Å². The van der Waals surface area contributed by atoms with E-state index in [1.54, 1.807) is 18.2 Å². The van der Waals surface area contributed by atoms with Gasteiger partial charge >= 0.3 is 0 Å². The van der Waals surface area contributed by atoms with Crippen molar-refractivity contribution >= 4 is 34.3 Å². The van der Waals surface area contributed by atoms with Gasteiger partial charge in [-0.25, -0.2) is 9.38 Å². The first-order valence-corrected chi connectivity index (χ1v) is 9.57. The second kappa shape index (κ2) is 7.34. The smallest absolute Gasteiger partial charge is 0.200 e. The molecule has 8 heteroatoms. The van der Waals surface area contributed by atoms with Gasteiger partial charge in [-0.2, -0.15) is 0 Å². The topological polar surface area (TPSA) is 73.8 Å². The minimum atomic E-state index is -2.48. The van der Waals surface area contributed by atoms with E-state index in [2.05, 4.69) is 4.72 Å². The van der Waals surface area contributed by atoms with Crippen molar-refractivity contribution in [3.63, 3.8) is 0 Å². The maximum atomic E-state index is 13.3. The van der Waals surface area contributed by atoms with Crippen molar-refractivity contribution in [3.05, 3.63) is 58.4 Å².